The lowest BCUT2D eigenvalue weighted by atomic mass is 10.1. The van der Waals surface area contributed by atoms with Crippen LogP contribution in [-0.4, -0.2) is 67.8 Å². The molecule has 11 heteroatoms. The van der Waals surface area contributed by atoms with E-state index in [1.165, 1.54) is 0 Å². The summed E-state index contributed by atoms with van der Waals surface area (Å²) in [6, 6.07) is 0. The number of aliphatic hydroxyl groups excluding tert-OH is 4. The van der Waals surface area contributed by atoms with Crippen molar-refractivity contribution < 1.29 is 30.0 Å². The number of H-pyrrole nitrogens is 2. The van der Waals surface area contributed by atoms with Gasteiger partial charge in [-0.1, -0.05) is 13.8 Å². The van der Waals surface area contributed by atoms with E-state index in [9.17, 15) is 29.7 Å². The maximum Gasteiger partial charge on any atom is 0.328 e. The summed E-state index contributed by atoms with van der Waals surface area (Å²) >= 11 is 0. The van der Waals surface area contributed by atoms with Gasteiger partial charge in [-0.15, -0.1) is 0 Å². The summed E-state index contributed by atoms with van der Waals surface area (Å²) in [5.74, 6) is -1.37. The van der Waals surface area contributed by atoms with E-state index < -0.39 is 60.5 Å². The average molecular weight is 347 g/mol. The maximum absolute atomic E-state index is 11.8. The second-order valence-corrected chi connectivity index (χ2v) is 5.38. The molecule has 0 aliphatic rings. The first-order chi connectivity index (χ1) is 11.2. The number of aromatic nitrogens is 2. The lowest BCUT2D eigenvalue weighted by molar-refractivity contribution is -0.118. The molecular weight excluding hydrogens is 326 g/mol. The Morgan fingerprint density at radius 2 is 1.79 bits per heavy atom. The van der Waals surface area contributed by atoms with Gasteiger partial charge in [-0.2, -0.15) is 0 Å². The SMILES string of the molecule is CC(C)C(=O)Nc1c(OC[C@H](O)[C@H](O)[C@H](O)CO)[nH]c(=O)[nH]c1=O. The highest BCUT2D eigenvalue weighted by atomic mass is 16.5. The fourth-order valence-corrected chi connectivity index (χ4v) is 1.59. The lowest BCUT2D eigenvalue weighted by Gasteiger charge is -2.22. The average Bonchev–Trinajstić information content (AvgIpc) is 2.53. The van der Waals surface area contributed by atoms with E-state index >= 15 is 0 Å². The highest BCUT2D eigenvalue weighted by Crippen LogP contribution is 2.16. The minimum Gasteiger partial charge on any atom is -0.474 e. The highest BCUT2D eigenvalue weighted by Gasteiger charge is 2.25. The van der Waals surface area contributed by atoms with E-state index in [0.29, 0.717) is 0 Å². The number of hydrogen-bond acceptors (Lipinski definition) is 8. The molecule has 3 atom stereocenters. The molecule has 0 bridgehead atoms. The van der Waals surface area contributed by atoms with Gasteiger partial charge >= 0.3 is 5.69 Å². The minimum atomic E-state index is -1.71. The van der Waals surface area contributed by atoms with E-state index in [1.807, 2.05) is 4.98 Å². The van der Waals surface area contributed by atoms with Crippen molar-refractivity contribution >= 4 is 11.6 Å². The van der Waals surface area contributed by atoms with Crippen LogP contribution in [0.4, 0.5) is 5.69 Å². The number of hydrogen-bond donors (Lipinski definition) is 7. The van der Waals surface area contributed by atoms with Crippen LogP contribution in [0.2, 0.25) is 0 Å². The monoisotopic (exact) mass is 347 g/mol. The van der Waals surface area contributed by atoms with E-state index in [4.69, 9.17) is 9.84 Å². The molecule has 0 aliphatic heterocycles. The number of rotatable bonds is 8. The number of carbonyl (C=O) groups excluding carboxylic acids is 1. The minimum absolute atomic E-state index is 0.363. The molecule has 1 heterocycles. The normalized spacial score (nSPS) is 15.0. The molecule has 1 aromatic heterocycles. The second-order valence-electron chi connectivity index (χ2n) is 5.38. The van der Waals surface area contributed by atoms with Crippen molar-refractivity contribution in [1.82, 2.24) is 9.97 Å². The standard InChI is InChI=1S/C13H21N3O8/c1-5(2)10(21)14-8-11(22)15-13(23)16-12(8)24-4-7(19)9(20)6(18)3-17/h5-7,9,17-20H,3-4H2,1-2H3,(H,14,21)(H2,15,16,22,23)/t6-,7+,9-/m1/s1. The van der Waals surface area contributed by atoms with Crippen molar-refractivity contribution in [2.45, 2.75) is 32.2 Å². The molecule has 0 saturated heterocycles. The first kappa shape index (κ1) is 19.8. The molecule has 1 amide bonds. The number of carbonyl (C=O) groups is 1. The molecule has 1 rings (SSSR count). The van der Waals surface area contributed by atoms with Crippen LogP contribution in [-0.2, 0) is 4.79 Å². The Kier molecular flexibility index (Phi) is 7.10. The summed E-state index contributed by atoms with van der Waals surface area (Å²) in [4.78, 5) is 38.9. The Bertz CT molecular complexity index is 668. The summed E-state index contributed by atoms with van der Waals surface area (Å²) in [5.41, 5.74) is -2.17. The van der Waals surface area contributed by atoms with Gasteiger partial charge in [0.15, 0.2) is 5.69 Å². The first-order valence-corrected chi connectivity index (χ1v) is 7.12. The third kappa shape index (κ3) is 5.16. The lowest BCUT2D eigenvalue weighted by Crippen LogP contribution is -2.42. The molecular formula is C13H21N3O8. The molecule has 0 saturated carbocycles. The Hall–Kier alpha value is -2.21. The Morgan fingerprint density at radius 1 is 1.17 bits per heavy atom. The topological polar surface area (TPSA) is 185 Å². The van der Waals surface area contributed by atoms with Crippen molar-refractivity contribution in [2.75, 3.05) is 18.5 Å². The van der Waals surface area contributed by atoms with Crippen LogP contribution in [0.3, 0.4) is 0 Å². The largest absolute Gasteiger partial charge is 0.474 e. The summed E-state index contributed by atoms with van der Waals surface area (Å²) in [6.07, 6.45) is -4.93. The van der Waals surface area contributed by atoms with E-state index in [-0.39, 0.29) is 5.69 Å². The molecule has 0 aliphatic carbocycles. The van der Waals surface area contributed by atoms with E-state index in [0.717, 1.165) is 0 Å². The van der Waals surface area contributed by atoms with Crippen molar-refractivity contribution in [3.05, 3.63) is 20.8 Å². The van der Waals surface area contributed by atoms with Crippen molar-refractivity contribution in [3.63, 3.8) is 0 Å². The molecule has 1 aromatic rings. The zero-order valence-electron chi connectivity index (χ0n) is 13.1. The van der Waals surface area contributed by atoms with Gasteiger partial charge in [-0.3, -0.25) is 19.6 Å². The molecule has 0 unspecified atom stereocenters. The number of nitrogens with one attached hydrogen (secondary N) is 3. The fourth-order valence-electron chi connectivity index (χ4n) is 1.59. The van der Waals surface area contributed by atoms with Gasteiger partial charge in [0.05, 0.1) is 6.61 Å². The first-order valence-electron chi connectivity index (χ1n) is 7.12. The Balaban J connectivity index is 2.96. The van der Waals surface area contributed by atoms with Crippen molar-refractivity contribution in [3.8, 4) is 5.88 Å². The zero-order chi connectivity index (χ0) is 18.4. The molecule has 11 nitrogen and oxygen atoms in total. The Labute approximate surface area is 135 Å². The van der Waals surface area contributed by atoms with Crippen LogP contribution in [0.1, 0.15) is 13.8 Å². The summed E-state index contributed by atoms with van der Waals surface area (Å²) in [7, 11) is 0. The van der Waals surface area contributed by atoms with Crippen LogP contribution < -0.4 is 21.3 Å². The Morgan fingerprint density at radius 3 is 2.33 bits per heavy atom. The van der Waals surface area contributed by atoms with Gasteiger partial charge in [-0.25, -0.2) is 4.79 Å². The van der Waals surface area contributed by atoms with E-state index in [2.05, 4.69) is 10.3 Å². The van der Waals surface area contributed by atoms with Gasteiger partial charge in [0.2, 0.25) is 11.8 Å². The van der Waals surface area contributed by atoms with Gasteiger partial charge in [0, 0.05) is 5.92 Å². The van der Waals surface area contributed by atoms with Crippen LogP contribution in [0.5, 0.6) is 5.88 Å². The van der Waals surface area contributed by atoms with Gasteiger partial charge in [0.1, 0.15) is 24.9 Å². The molecule has 0 spiro atoms. The van der Waals surface area contributed by atoms with Gasteiger partial charge in [-0.05, 0) is 0 Å². The van der Waals surface area contributed by atoms with Crippen molar-refractivity contribution in [2.24, 2.45) is 5.92 Å². The zero-order valence-corrected chi connectivity index (χ0v) is 13.1. The molecule has 24 heavy (non-hydrogen) atoms. The molecule has 136 valence electrons. The van der Waals surface area contributed by atoms with Crippen LogP contribution in [0.15, 0.2) is 9.59 Å². The summed E-state index contributed by atoms with van der Waals surface area (Å²) < 4.78 is 5.06. The van der Waals surface area contributed by atoms with Gasteiger partial charge in [0.25, 0.3) is 5.56 Å². The van der Waals surface area contributed by atoms with Gasteiger partial charge < -0.3 is 30.5 Å². The number of amides is 1. The molecule has 7 N–H and O–H groups in total. The number of anilines is 1. The highest BCUT2D eigenvalue weighted by molar-refractivity contribution is 5.92. The maximum atomic E-state index is 11.8. The molecule has 0 fully saturated rings. The van der Waals surface area contributed by atoms with E-state index in [1.54, 1.807) is 13.8 Å². The second kappa shape index (κ2) is 8.59. The third-order valence-corrected chi connectivity index (χ3v) is 3.05. The third-order valence-electron chi connectivity index (χ3n) is 3.05. The molecule has 0 aromatic carbocycles. The number of aromatic amines is 2. The predicted molar refractivity (Wildman–Crippen MR) is 81.8 cm³/mol. The van der Waals surface area contributed by atoms with Crippen LogP contribution in [0, 0.1) is 5.92 Å². The van der Waals surface area contributed by atoms with Crippen LogP contribution in [0.25, 0.3) is 0 Å². The summed E-state index contributed by atoms with van der Waals surface area (Å²) in [6.45, 7) is 1.77. The number of aliphatic hydroxyl groups is 4. The summed E-state index contributed by atoms with van der Waals surface area (Å²) in [5, 5.41) is 39.4. The quantitative estimate of drug-likeness (QED) is 0.261. The fraction of sp³-hybridized carbons (Fsp3) is 0.615. The number of ether oxygens (including phenoxy) is 1. The van der Waals surface area contributed by atoms with Crippen molar-refractivity contribution in [1.29, 1.82) is 0 Å². The smallest absolute Gasteiger partial charge is 0.328 e. The van der Waals surface area contributed by atoms with Crippen LogP contribution >= 0.6 is 0 Å². The molecule has 0 radical (unpaired) electrons. The predicted octanol–water partition coefficient (Wildman–Crippen LogP) is -2.89.